The minimum atomic E-state index is -4.52. The smallest absolute Gasteiger partial charge is 0.316 e. The minimum Gasteiger partial charge on any atom is -0.316 e. The summed E-state index contributed by atoms with van der Waals surface area (Å²) in [6, 6.07) is 1.50. The first-order valence-corrected chi connectivity index (χ1v) is 8.72. The zero-order valence-electron chi connectivity index (χ0n) is 11.6. The van der Waals surface area contributed by atoms with Gasteiger partial charge in [-0.05, 0) is 30.5 Å². The zero-order chi connectivity index (χ0) is 15.9. The summed E-state index contributed by atoms with van der Waals surface area (Å²) in [5.41, 5.74) is -0.296. The van der Waals surface area contributed by atoms with Gasteiger partial charge in [0, 0.05) is 12.6 Å². The fraction of sp³-hybridized carbons (Fsp3) is 0.667. The number of nitrogens with one attached hydrogen (secondary N) is 2. The van der Waals surface area contributed by atoms with Crippen molar-refractivity contribution < 1.29 is 21.6 Å². The van der Waals surface area contributed by atoms with Gasteiger partial charge in [0.1, 0.15) is 9.09 Å². The Hall–Kier alpha value is -0.640. The van der Waals surface area contributed by atoms with Gasteiger partial charge >= 0.3 is 6.18 Å². The molecule has 1 aromatic heterocycles. The monoisotopic (exact) mass is 342 g/mol. The van der Waals surface area contributed by atoms with Gasteiger partial charge in [-0.15, -0.1) is 11.3 Å². The number of thiophene rings is 1. The summed E-state index contributed by atoms with van der Waals surface area (Å²) < 4.78 is 64.4. The molecule has 120 valence electrons. The van der Waals surface area contributed by atoms with E-state index in [4.69, 9.17) is 0 Å². The topological polar surface area (TPSA) is 58.2 Å². The highest BCUT2D eigenvalue weighted by Gasteiger charge is 2.37. The Morgan fingerprint density at radius 1 is 1.38 bits per heavy atom. The molecular weight excluding hydrogens is 325 g/mol. The van der Waals surface area contributed by atoms with Crippen molar-refractivity contribution in [2.75, 3.05) is 13.1 Å². The molecule has 2 heterocycles. The zero-order valence-corrected chi connectivity index (χ0v) is 13.3. The lowest BCUT2D eigenvalue weighted by atomic mass is 9.81. The van der Waals surface area contributed by atoms with E-state index >= 15 is 0 Å². The molecule has 1 unspecified atom stereocenters. The second-order valence-electron chi connectivity index (χ2n) is 5.74. The molecule has 21 heavy (non-hydrogen) atoms. The Kier molecular flexibility index (Phi) is 4.40. The Labute approximate surface area is 125 Å². The van der Waals surface area contributed by atoms with Crippen molar-refractivity contribution in [2.24, 2.45) is 5.41 Å². The summed E-state index contributed by atoms with van der Waals surface area (Å²) in [4.78, 5) is -0.910. The van der Waals surface area contributed by atoms with Crippen molar-refractivity contribution in [3.63, 3.8) is 0 Å². The highest BCUT2D eigenvalue weighted by atomic mass is 32.2. The molecule has 1 aromatic rings. The molecule has 0 spiro atoms. The summed E-state index contributed by atoms with van der Waals surface area (Å²) >= 11 is 0.244. The quantitative estimate of drug-likeness (QED) is 0.887. The van der Waals surface area contributed by atoms with Crippen LogP contribution in [-0.2, 0) is 16.2 Å². The van der Waals surface area contributed by atoms with Gasteiger partial charge in [0.2, 0.25) is 10.0 Å². The van der Waals surface area contributed by atoms with Gasteiger partial charge in [-0.3, -0.25) is 0 Å². The standard InChI is InChI=1S/C12H17F3N2O2S2/c1-11(2)7-16-6-5-8(11)17-21(18,19)10-4-3-9(20-10)12(13,14)15/h3-4,8,16-17H,5-7H2,1-2H3. The number of rotatable bonds is 3. The van der Waals surface area contributed by atoms with E-state index in [9.17, 15) is 21.6 Å². The van der Waals surface area contributed by atoms with Crippen molar-refractivity contribution in [2.45, 2.75) is 36.7 Å². The lowest BCUT2D eigenvalue weighted by Gasteiger charge is -2.39. The van der Waals surface area contributed by atoms with Crippen LogP contribution in [0.4, 0.5) is 13.2 Å². The number of halogens is 3. The van der Waals surface area contributed by atoms with E-state index in [0.717, 1.165) is 12.1 Å². The van der Waals surface area contributed by atoms with Crippen LogP contribution in [0.1, 0.15) is 25.1 Å². The maximum atomic E-state index is 12.6. The van der Waals surface area contributed by atoms with Crippen molar-refractivity contribution in [1.29, 1.82) is 0 Å². The number of sulfonamides is 1. The van der Waals surface area contributed by atoms with Gasteiger partial charge < -0.3 is 5.32 Å². The summed E-state index contributed by atoms with van der Waals surface area (Å²) in [5.74, 6) is 0. The molecular formula is C12H17F3N2O2S2. The average molecular weight is 342 g/mol. The van der Waals surface area contributed by atoms with Crippen LogP contribution in [0.3, 0.4) is 0 Å². The van der Waals surface area contributed by atoms with Crippen LogP contribution in [0.5, 0.6) is 0 Å². The van der Waals surface area contributed by atoms with Crippen LogP contribution in [0, 0.1) is 5.41 Å². The van der Waals surface area contributed by atoms with Gasteiger partial charge in [-0.2, -0.15) is 13.2 Å². The average Bonchev–Trinajstić information content (AvgIpc) is 2.81. The predicted octanol–water partition coefficient (Wildman–Crippen LogP) is 2.43. The van der Waals surface area contributed by atoms with E-state index in [1.165, 1.54) is 0 Å². The largest absolute Gasteiger partial charge is 0.425 e. The summed E-state index contributed by atoms with van der Waals surface area (Å²) in [7, 11) is -3.93. The van der Waals surface area contributed by atoms with Crippen molar-refractivity contribution in [3.8, 4) is 0 Å². The first kappa shape index (κ1) is 16.7. The number of piperidine rings is 1. The fourth-order valence-corrected chi connectivity index (χ4v) is 4.88. The van der Waals surface area contributed by atoms with E-state index in [1.807, 2.05) is 13.8 Å². The molecule has 1 atom stereocenters. The molecule has 9 heteroatoms. The number of alkyl halides is 3. The Balaban J connectivity index is 2.20. The SMILES string of the molecule is CC1(C)CNCCC1NS(=O)(=O)c1ccc(C(F)(F)F)s1. The van der Waals surface area contributed by atoms with Crippen LogP contribution >= 0.6 is 11.3 Å². The third-order valence-electron chi connectivity index (χ3n) is 3.56. The van der Waals surface area contributed by atoms with Gasteiger partial charge in [-0.1, -0.05) is 13.8 Å². The molecule has 0 bridgehead atoms. The lowest BCUT2D eigenvalue weighted by molar-refractivity contribution is -0.134. The van der Waals surface area contributed by atoms with Crippen LogP contribution in [-0.4, -0.2) is 27.5 Å². The molecule has 0 amide bonds. The van der Waals surface area contributed by atoms with E-state index in [2.05, 4.69) is 10.0 Å². The van der Waals surface area contributed by atoms with Crippen molar-refractivity contribution >= 4 is 21.4 Å². The summed E-state index contributed by atoms with van der Waals surface area (Å²) in [6.45, 7) is 5.16. The van der Waals surface area contributed by atoms with E-state index in [1.54, 1.807) is 0 Å². The van der Waals surface area contributed by atoms with Crippen molar-refractivity contribution in [3.05, 3.63) is 17.0 Å². The van der Waals surface area contributed by atoms with E-state index in [0.29, 0.717) is 19.5 Å². The first-order valence-electron chi connectivity index (χ1n) is 6.42. The molecule has 1 fully saturated rings. The predicted molar refractivity (Wildman–Crippen MR) is 74.7 cm³/mol. The molecule has 2 rings (SSSR count). The Morgan fingerprint density at radius 3 is 2.57 bits per heavy atom. The number of hydrogen-bond donors (Lipinski definition) is 2. The van der Waals surface area contributed by atoms with Crippen LogP contribution in [0.25, 0.3) is 0 Å². The molecule has 1 aliphatic rings. The second kappa shape index (κ2) is 5.53. The summed E-state index contributed by atoms with van der Waals surface area (Å²) in [5, 5.41) is 3.17. The maximum absolute atomic E-state index is 12.6. The molecule has 0 radical (unpaired) electrons. The highest BCUT2D eigenvalue weighted by Crippen LogP contribution is 2.36. The normalized spacial score (nSPS) is 23.2. The molecule has 0 aromatic carbocycles. The third-order valence-corrected chi connectivity index (χ3v) is 6.65. The molecule has 1 saturated heterocycles. The molecule has 2 N–H and O–H groups in total. The Morgan fingerprint density at radius 2 is 2.05 bits per heavy atom. The molecule has 4 nitrogen and oxygen atoms in total. The summed E-state index contributed by atoms with van der Waals surface area (Å²) in [6.07, 6.45) is -3.92. The van der Waals surface area contributed by atoms with Gasteiger partial charge in [0.05, 0.1) is 0 Å². The van der Waals surface area contributed by atoms with Crippen LogP contribution < -0.4 is 10.0 Å². The third kappa shape index (κ3) is 3.77. The van der Waals surface area contributed by atoms with Gasteiger partial charge in [0.25, 0.3) is 0 Å². The fourth-order valence-electron chi connectivity index (χ4n) is 2.25. The molecule has 1 aliphatic heterocycles. The van der Waals surface area contributed by atoms with Crippen LogP contribution in [0.2, 0.25) is 0 Å². The second-order valence-corrected chi connectivity index (χ2v) is 8.77. The van der Waals surface area contributed by atoms with Gasteiger partial charge in [0.15, 0.2) is 0 Å². The van der Waals surface area contributed by atoms with Gasteiger partial charge in [-0.25, -0.2) is 13.1 Å². The minimum absolute atomic E-state index is 0.244. The highest BCUT2D eigenvalue weighted by molar-refractivity contribution is 7.91. The first-order chi connectivity index (χ1) is 9.52. The Bertz CT molecular complexity index is 608. The van der Waals surface area contributed by atoms with E-state index < -0.39 is 21.1 Å². The number of hydrogen-bond acceptors (Lipinski definition) is 4. The van der Waals surface area contributed by atoms with Crippen LogP contribution in [0.15, 0.2) is 16.3 Å². The van der Waals surface area contributed by atoms with E-state index in [-0.39, 0.29) is 27.0 Å². The lowest BCUT2D eigenvalue weighted by Crippen LogP contribution is -2.54. The van der Waals surface area contributed by atoms with Crippen molar-refractivity contribution in [1.82, 2.24) is 10.0 Å². The molecule has 0 saturated carbocycles. The molecule has 0 aliphatic carbocycles. The maximum Gasteiger partial charge on any atom is 0.425 e.